The molecule has 3 nitrogen and oxygen atoms in total. The molecule has 0 radical (unpaired) electrons. The van der Waals surface area contributed by atoms with Gasteiger partial charge < -0.3 is 14.9 Å². The molecule has 0 saturated heterocycles. The van der Waals surface area contributed by atoms with Crippen molar-refractivity contribution in [2.45, 2.75) is 115 Å². The fraction of sp³-hybridized carbons (Fsp3) is 1.00. The molecule has 0 amide bonds. The first-order valence-electron chi connectivity index (χ1n) is 10.0. The summed E-state index contributed by atoms with van der Waals surface area (Å²) >= 11 is 0. The SMILES string of the molecule is CC(C)[Si](NC1CCCC1)(NC1CCCC1)NC1CCCC1. The van der Waals surface area contributed by atoms with Gasteiger partial charge in [-0.15, -0.1) is 0 Å². The molecule has 0 aromatic heterocycles. The third-order valence-electron chi connectivity index (χ3n) is 6.23. The average Bonchev–Trinajstić information content (AvgIpc) is 3.20. The highest BCUT2D eigenvalue weighted by Crippen LogP contribution is 2.27. The molecule has 3 rings (SSSR count). The molecule has 0 bridgehead atoms. The van der Waals surface area contributed by atoms with Crippen LogP contribution in [0.15, 0.2) is 0 Å². The Morgan fingerprint density at radius 2 is 0.864 bits per heavy atom. The molecule has 0 atom stereocenters. The molecular weight excluding hydrogens is 286 g/mol. The lowest BCUT2D eigenvalue weighted by molar-refractivity contribution is 0.510. The van der Waals surface area contributed by atoms with E-state index < -0.39 is 8.56 Å². The molecule has 128 valence electrons. The van der Waals surface area contributed by atoms with Crippen LogP contribution in [0.2, 0.25) is 5.54 Å². The Kier molecular flexibility index (Phi) is 5.99. The van der Waals surface area contributed by atoms with E-state index in [2.05, 4.69) is 28.8 Å². The highest BCUT2D eigenvalue weighted by Gasteiger charge is 2.44. The second-order valence-corrected chi connectivity index (χ2v) is 12.0. The number of hydrogen-bond donors (Lipinski definition) is 3. The standard InChI is InChI=1S/C18H37N3Si/c1-15(2)22(19-16-9-3-4-10-16,20-17-11-5-6-12-17)21-18-13-7-8-14-18/h15-21H,3-14H2,1-2H3. The van der Waals surface area contributed by atoms with Crippen LogP contribution in [0, 0.1) is 0 Å². The lowest BCUT2D eigenvalue weighted by Gasteiger charge is -2.43. The summed E-state index contributed by atoms with van der Waals surface area (Å²) in [7, 11) is -1.82. The van der Waals surface area contributed by atoms with Crippen molar-refractivity contribution < 1.29 is 0 Å². The lowest BCUT2D eigenvalue weighted by Crippen LogP contribution is -2.78. The number of hydrogen-bond acceptors (Lipinski definition) is 3. The van der Waals surface area contributed by atoms with E-state index in [1.165, 1.54) is 77.0 Å². The van der Waals surface area contributed by atoms with Gasteiger partial charge in [-0.25, -0.2) is 0 Å². The fourth-order valence-corrected chi connectivity index (χ4v) is 8.85. The molecule has 0 aromatic rings. The molecule has 3 N–H and O–H groups in total. The third kappa shape index (κ3) is 4.14. The van der Waals surface area contributed by atoms with Crippen molar-refractivity contribution in [2.24, 2.45) is 0 Å². The Morgan fingerprint density at radius 1 is 0.591 bits per heavy atom. The Labute approximate surface area is 138 Å². The van der Waals surface area contributed by atoms with Gasteiger partial charge in [0.25, 0.3) is 8.56 Å². The van der Waals surface area contributed by atoms with E-state index in [1.807, 2.05) is 0 Å². The van der Waals surface area contributed by atoms with E-state index in [0.717, 1.165) is 18.1 Å². The first-order chi connectivity index (χ1) is 10.7. The zero-order valence-corrected chi connectivity index (χ0v) is 15.8. The van der Waals surface area contributed by atoms with Gasteiger partial charge in [-0.1, -0.05) is 52.4 Å². The fourth-order valence-electron chi connectivity index (χ4n) is 4.80. The molecule has 3 aliphatic carbocycles. The van der Waals surface area contributed by atoms with Gasteiger partial charge in [-0.05, 0) is 44.1 Å². The maximum atomic E-state index is 4.20. The van der Waals surface area contributed by atoms with Gasteiger partial charge in [0, 0.05) is 18.1 Å². The van der Waals surface area contributed by atoms with E-state index in [0.29, 0.717) is 5.54 Å². The second-order valence-electron chi connectivity index (χ2n) is 8.34. The van der Waals surface area contributed by atoms with E-state index in [-0.39, 0.29) is 0 Å². The van der Waals surface area contributed by atoms with Crippen LogP contribution in [-0.2, 0) is 0 Å². The van der Waals surface area contributed by atoms with Crippen LogP contribution in [0.25, 0.3) is 0 Å². The summed E-state index contributed by atoms with van der Waals surface area (Å²) in [6, 6.07) is 2.28. The minimum atomic E-state index is -1.82. The highest BCUT2D eigenvalue weighted by atomic mass is 28.4. The maximum Gasteiger partial charge on any atom is 0.284 e. The van der Waals surface area contributed by atoms with Crippen LogP contribution in [0.4, 0.5) is 0 Å². The maximum absolute atomic E-state index is 4.20. The minimum absolute atomic E-state index is 0.703. The van der Waals surface area contributed by atoms with Crippen molar-refractivity contribution in [2.75, 3.05) is 0 Å². The quantitative estimate of drug-likeness (QED) is 0.621. The largest absolute Gasteiger partial charge is 0.310 e. The Balaban J connectivity index is 1.72. The first kappa shape index (κ1) is 16.9. The molecule has 0 spiro atoms. The second kappa shape index (κ2) is 7.78. The molecule has 3 saturated carbocycles. The van der Waals surface area contributed by atoms with Crippen LogP contribution < -0.4 is 14.9 Å². The lowest BCUT2D eigenvalue weighted by atomic mass is 10.3. The molecule has 22 heavy (non-hydrogen) atoms. The van der Waals surface area contributed by atoms with Crippen LogP contribution >= 0.6 is 0 Å². The topological polar surface area (TPSA) is 36.1 Å². The minimum Gasteiger partial charge on any atom is -0.310 e. The third-order valence-corrected chi connectivity index (χ3v) is 10.5. The van der Waals surface area contributed by atoms with E-state index in [4.69, 9.17) is 0 Å². The summed E-state index contributed by atoms with van der Waals surface area (Å²) in [6.07, 6.45) is 16.9. The van der Waals surface area contributed by atoms with Crippen LogP contribution in [0.1, 0.15) is 90.9 Å². The number of rotatable bonds is 7. The monoisotopic (exact) mass is 323 g/mol. The van der Waals surface area contributed by atoms with Crippen LogP contribution in [0.5, 0.6) is 0 Å². The average molecular weight is 324 g/mol. The van der Waals surface area contributed by atoms with Gasteiger partial charge >= 0.3 is 0 Å². The summed E-state index contributed by atoms with van der Waals surface area (Å²) in [5, 5.41) is 0. The molecule has 0 unspecified atom stereocenters. The van der Waals surface area contributed by atoms with E-state index in [1.54, 1.807) is 0 Å². The van der Waals surface area contributed by atoms with Gasteiger partial charge in [-0.3, -0.25) is 0 Å². The highest BCUT2D eigenvalue weighted by molar-refractivity contribution is 6.74. The van der Waals surface area contributed by atoms with E-state index in [9.17, 15) is 0 Å². The molecule has 3 fully saturated rings. The van der Waals surface area contributed by atoms with Crippen molar-refractivity contribution in [3.8, 4) is 0 Å². The smallest absolute Gasteiger partial charge is 0.284 e. The summed E-state index contributed by atoms with van der Waals surface area (Å²) in [6.45, 7) is 4.89. The van der Waals surface area contributed by atoms with Crippen molar-refractivity contribution >= 4 is 8.56 Å². The molecule has 0 aliphatic heterocycles. The first-order valence-corrected chi connectivity index (χ1v) is 12.1. The molecular formula is C18H37N3Si. The summed E-state index contributed by atoms with van der Waals surface area (Å²) in [5.41, 5.74) is 0.703. The van der Waals surface area contributed by atoms with Crippen molar-refractivity contribution in [1.29, 1.82) is 0 Å². The molecule has 3 aliphatic rings. The van der Waals surface area contributed by atoms with Crippen molar-refractivity contribution in [3.05, 3.63) is 0 Å². The van der Waals surface area contributed by atoms with Crippen molar-refractivity contribution in [3.63, 3.8) is 0 Å². The van der Waals surface area contributed by atoms with Gasteiger partial charge in [-0.2, -0.15) is 0 Å². The number of nitrogens with one attached hydrogen (secondary N) is 3. The zero-order chi connectivity index (χ0) is 15.4. The van der Waals surface area contributed by atoms with E-state index >= 15 is 0 Å². The normalized spacial score (nSPS) is 25.8. The van der Waals surface area contributed by atoms with Gasteiger partial charge in [0.1, 0.15) is 0 Å². The van der Waals surface area contributed by atoms with Gasteiger partial charge in [0.05, 0.1) is 0 Å². The van der Waals surface area contributed by atoms with Gasteiger partial charge in [0.15, 0.2) is 0 Å². The summed E-state index contributed by atoms with van der Waals surface area (Å²) in [5.74, 6) is 0. The Morgan fingerprint density at radius 3 is 1.09 bits per heavy atom. The zero-order valence-electron chi connectivity index (χ0n) is 14.8. The predicted molar refractivity (Wildman–Crippen MR) is 97.0 cm³/mol. The summed E-state index contributed by atoms with van der Waals surface area (Å²) < 4.78 is 0. The predicted octanol–water partition coefficient (Wildman–Crippen LogP) is 3.93. The molecule has 4 heteroatoms. The Hall–Kier alpha value is 0.0969. The van der Waals surface area contributed by atoms with Crippen molar-refractivity contribution in [1.82, 2.24) is 14.9 Å². The van der Waals surface area contributed by atoms with Crippen LogP contribution in [-0.4, -0.2) is 26.7 Å². The summed E-state index contributed by atoms with van der Waals surface area (Å²) in [4.78, 5) is 12.6. The Bertz CT molecular complexity index is 284. The molecule has 0 heterocycles. The van der Waals surface area contributed by atoms with Crippen LogP contribution in [0.3, 0.4) is 0 Å². The van der Waals surface area contributed by atoms with Gasteiger partial charge in [0.2, 0.25) is 0 Å². The molecule has 0 aromatic carbocycles.